The molecule has 1 amide bonds. The molecule has 3 heterocycles. The molecule has 37 heavy (non-hydrogen) atoms. The molecule has 0 radical (unpaired) electrons. The van der Waals surface area contributed by atoms with E-state index < -0.39 is 118 Å². The average molecular weight is 545 g/mol. The Morgan fingerprint density at radius 2 is 1.11 bits per heavy atom. The van der Waals surface area contributed by atoms with Gasteiger partial charge in [0.15, 0.2) is 18.9 Å². The Balaban J connectivity index is 1.83. The smallest absolute Gasteiger partial charge is 0.217 e. The molecule has 3 fully saturated rings. The molecule has 3 aliphatic rings. The van der Waals surface area contributed by atoms with Crippen molar-refractivity contribution in [1.29, 1.82) is 0 Å². The van der Waals surface area contributed by atoms with Crippen LogP contribution in [0.4, 0.5) is 0 Å². The molecule has 3 aliphatic heterocycles. The normalized spacial score (nSPS) is 49.0. The lowest BCUT2D eigenvalue weighted by Crippen LogP contribution is -2.68. The van der Waals surface area contributed by atoms with Gasteiger partial charge in [-0.1, -0.05) is 0 Å². The van der Waals surface area contributed by atoms with E-state index in [1.165, 1.54) is 0 Å². The summed E-state index contributed by atoms with van der Waals surface area (Å²) in [7, 11) is 0. The third-order valence-corrected chi connectivity index (χ3v) is 6.50. The largest absolute Gasteiger partial charge is 0.394 e. The van der Waals surface area contributed by atoms with Gasteiger partial charge in [-0.15, -0.1) is 0 Å². The summed E-state index contributed by atoms with van der Waals surface area (Å²) < 4.78 is 26.9. The summed E-state index contributed by atoms with van der Waals surface area (Å²) >= 11 is 0. The van der Waals surface area contributed by atoms with Crippen molar-refractivity contribution in [2.24, 2.45) is 0 Å². The van der Waals surface area contributed by atoms with Gasteiger partial charge in [-0.3, -0.25) is 4.79 Å². The van der Waals surface area contributed by atoms with Crippen molar-refractivity contribution >= 4 is 5.91 Å². The van der Waals surface area contributed by atoms with Crippen LogP contribution in [0.15, 0.2) is 0 Å². The molecule has 0 spiro atoms. The Morgan fingerprint density at radius 3 is 1.65 bits per heavy atom. The van der Waals surface area contributed by atoms with E-state index in [1.54, 1.807) is 0 Å². The Hall–Kier alpha value is -1.13. The molecular weight excluding hydrogens is 510 g/mol. The van der Waals surface area contributed by atoms with E-state index in [0.29, 0.717) is 0 Å². The zero-order chi connectivity index (χ0) is 27.6. The average Bonchev–Trinajstić information content (AvgIpc) is 2.86. The van der Waals surface area contributed by atoms with Crippen LogP contribution in [0.25, 0.3) is 0 Å². The van der Waals surface area contributed by atoms with E-state index in [-0.39, 0.29) is 0 Å². The molecule has 0 aliphatic carbocycles. The fraction of sp³-hybridized carbons (Fsp3) is 0.950. The first-order valence-corrected chi connectivity index (χ1v) is 11.6. The third kappa shape index (κ3) is 6.38. The van der Waals surface area contributed by atoms with Gasteiger partial charge < -0.3 is 80.1 Å². The number of aliphatic hydroxyl groups excluding tert-OH is 10. The van der Waals surface area contributed by atoms with Crippen LogP contribution in [0.2, 0.25) is 0 Å². The van der Waals surface area contributed by atoms with Crippen LogP contribution in [0.3, 0.4) is 0 Å². The van der Waals surface area contributed by atoms with Gasteiger partial charge in [-0.2, -0.15) is 0 Å². The lowest BCUT2D eigenvalue weighted by molar-refractivity contribution is -0.373. The van der Waals surface area contributed by atoms with Crippen molar-refractivity contribution in [1.82, 2.24) is 5.32 Å². The van der Waals surface area contributed by atoms with Crippen molar-refractivity contribution in [3.05, 3.63) is 0 Å². The van der Waals surface area contributed by atoms with Gasteiger partial charge in [-0.25, -0.2) is 0 Å². The summed E-state index contributed by atoms with van der Waals surface area (Å²) in [6.45, 7) is -1.23. The molecule has 3 saturated heterocycles. The number of carbonyl (C=O) groups is 1. The maximum Gasteiger partial charge on any atom is 0.217 e. The quantitative estimate of drug-likeness (QED) is 0.135. The van der Waals surface area contributed by atoms with Crippen molar-refractivity contribution in [2.45, 2.75) is 99.0 Å². The standard InChI is InChI=1S/C20H35NO16/c1-5(25)21-9-16(11(27)7(3-23)33-18(9)32)36-20-15(31)17(12(28)8(4-24)35-20)37-19-14(30)13(29)10(26)6(2-22)34-19/h6-20,22-24,26-32H,2-4H2,1H3,(H,21,25)/t6-,7-,8-,9-,10+,11+,12+,13+,14-,15-,16-,17+,18?,19+,20+/m1/s1. The lowest BCUT2D eigenvalue weighted by atomic mass is 9.95. The van der Waals surface area contributed by atoms with Crippen LogP contribution < -0.4 is 5.32 Å². The molecule has 11 N–H and O–H groups in total. The van der Waals surface area contributed by atoms with E-state index in [1.807, 2.05) is 0 Å². The van der Waals surface area contributed by atoms with Gasteiger partial charge in [0.05, 0.1) is 19.8 Å². The molecule has 216 valence electrons. The van der Waals surface area contributed by atoms with Crippen LogP contribution in [0.1, 0.15) is 6.92 Å². The minimum atomic E-state index is -1.93. The third-order valence-electron chi connectivity index (χ3n) is 6.50. The van der Waals surface area contributed by atoms with Crippen LogP contribution in [0.5, 0.6) is 0 Å². The molecule has 17 heteroatoms. The lowest BCUT2D eigenvalue weighted by Gasteiger charge is -2.48. The Labute approximate surface area is 210 Å². The van der Waals surface area contributed by atoms with E-state index >= 15 is 0 Å². The molecule has 1 unspecified atom stereocenters. The number of amides is 1. The van der Waals surface area contributed by atoms with Gasteiger partial charge in [0.2, 0.25) is 5.91 Å². The number of hydrogen-bond donors (Lipinski definition) is 11. The molecular formula is C20H35NO16. The van der Waals surface area contributed by atoms with Crippen LogP contribution in [-0.2, 0) is 28.5 Å². The molecule has 0 aromatic heterocycles. The summed E-state index contributed by atoms with van der Waals surface area (Å²) in [5.41, 5.74) is 0. The fourth-order valence-electron chi connectivity index (χ4n) is 4.45. The number of rotatable bonds is 8. The minimum Gasteiger partial charge on any atom is -0.394 e. The van der Waals surface area contributed by atoms with Crippen molar-refractivity contribution in [2.75, 3.05) is 19.8 Å². The van der Waals surface area contributed by atoms with Gasteiger partial charge in [0.25, 0.3) is 0 Å². The zero-order valence-corrected chi connectivity index (χ0v) is 19.7. The predicted octanol–water partition coefficient (Wildman–Crippen LogP) is -7.43. The highest BCUT2D eigenvalue weighted by atomic mass is 16.7. The van der Waals surface area contributed by atoms with Crippen LogP contribution in [-0.4, -0.2) is 169 Å². The Kier molecular flexibility index (Phi) is 10.5. The molecule has 0 aromatic rings. The Morgan fingerprint density at radius 1 is 0.649 bits per heavy atom. The summed E-state index contributed by atoms with van der Waals surface area (Å²) in [5, 5.41) is 103. The number of nitrogens with one attached hydrogen (secondary N) is 1. The topological polar surface area (TPSA) is 278 Å². The van der Waals surface area contributed by atoms with Crippen molar-refractivity contribution in [3.8, 4) is 0 Å². The molecule has 0 bridgehead atoms. The first kappa shape index (κ1) is 30.4. The fourth-order valence-corrected chi connectivity index (χ4v) is 4.45. The van der Waals surface area contributed by atoms with E-state index in [2.05, 4.69) is 5.32 Å². The van der Waals surface area contributed by atoms with Crippen LogP contribution in [0, 0.1) is 0 Å². The first-order valence-electron chi connectivity index (χ1n) is 11.6. The summed E-state index contributed by atoms with van der Waals surface area (Å²) in [5.74, 6) is -0.645. The second-order valence-corrected chi connectivity index (χ2v) is 9.07. The number of hydrogen-bond acceptors (Lipinski definition) is 16. The minimum absolute atomic E-state index is 0.645. The number of carbonyl (C=O) groups excluding carboxylic acids is 1. The number of ether oxygens (including phenoxy) is 5. The van der Waals surface area contributed by atoms with Gasteiger partial charge >= 0.3 is 0 Å². The van der Waals surface area contributed by atoms with E-state index in [4.69, 9.17) is 23.7 Å². The SMILES string of the molecule is CC(=O)N[C@H]1C(O)O[C@H](CO)[C@H](O)[C@@H]1O[C@@H]1O[C@H](CO)[C@H](O)[C@H](O[C@@H]2O[C@H](CO)[C@H](O)[C@H](O)[C@H]2O)[C@H]1O. The Bertz CT molecular complexity index is 745. The highest BCUT2D eigenvalue weighted by Gasteiger charge is 2.53. The maximum atomic E-state index is 11.6. The zero-order valence-electron chi connectivity index (χ0n) is 19.7. The van der Waals surface area contributed by atoms with Crippen molar-refractivity contribution in [3.63, 3.8) is 0 Å². The first-order chi connectivity index (χ1) is 17.4. The predicted molar refractivity (Wildman–Crippen MR) is 113 cm³/mol. The molecule has 15 atom stereocenters. The van der Waals surface area contributed by atoms with Gasteiger partial charge in [0, 0.05) is 6.92 Å². The van der Waals surface area contributed by atoms with Gasteiger partial charge in [0.1, 0.15) is 73.2 Å². The maximum absolute atomic E-state index is 11.6. The second kappa shape index (κ2) is 12.8. The summed E-state index contributed by atoms with van der Waals surface area (Å²) in [6.07, 6.45) is -23.5. The van der Waals surface area contributed by atoms with Gasteiger partial charge in [-0.05, 0) is 0 Å². The molecule has 0 aromatic carbocycles. The number of aliphatic hydroxyl groups is 10. The summed E-state index contributed by atoms with van der Waals surface area (Å²) in [4.78, 5) is 11.6. The highest BCUT2D eigenvalue weighted by molar-refractivity contribution is 5.73. The second-order valence-electron chi connectivity index (χ2n) is 9.07. The molecule has 17 nitrogen and oxygen atoms in total. The molecule has 3 rings (SSSR count). The van der Waals surface area contributed by atoms with E-state index in [9.17, 15) is 55.9 Å². The molecule has 0 saturated carbocycles. The van der Waals surface area contributed by atoms with Crippen molar-refractivity contribution < 1.29 is 79.5 Å². The summed E-state index contributed by atoms with van der Waals surface area (Å²) in [6, 6.07) is -1.41. The monoisotopic (exact) mass is 545 g/mol. The van der Waals surface area contributed by atoms with E-state index in [0.717, 1.165) is 6.92 Å². The van der Waals surface area contributed by atoms with Crippen LogP contribution >= 0.6 is 0 Å². The highest BCUT2D eigenvalue weighted by Crippen LogP contribution is 2.32.